The Balaban J connectivity index is 2.14. The smallest absolute Gasteiger partial charge is 0.283 e. The first-order valence-corrected chi connectivity index (χ1v) is 8.19. The molecule has 0 N–H and O–H groups in total. The van der Waals surface area contributed by atoms with Crippen LogP contribution in [0.4, 0.5) is 0 Å². The molecule has 1 aliphatic heterocycles. The molecular weight excluding hydrogens is 313 g/mol. The maximum Gasteiger partial charge on any atom is 0.288 e. The molecule has 6 nitrogen and oxygen atoms in total. The lowest BCUT2D eigenvalue weighted by atomic mass is 10.2. The molecule has 19 heavy (non-hydrogen) atoms. The first-order chi connectivity index (χ1) is 8.80. The lowest BCUT2D eigenvalue weighted by molar-refractivity contribution is 0.193. The fourth-order valence-electron chi connectivity index (χ4n) is 2.00. The molecule has 0 aromatic carbocycles. The Bertz CT molecular complexity index is 644. The molecule has 1 unspecified atom stereocenters. The zero-order valence-electron chi connectivity index (χ0n) is 10.2. The first kappa shape index (κ1) is 14.8. The second kappa shape index (κ2) is 5.40. The van der Waals surface area contributed by atoms with Gasteiger partial charge >= 0.3 is 0 Å². The van der Waals surface area contributed by atoms with E-state index in [9.17, 15) is 13.2 Å². The van der Waals surface area contributed by atoms with Crippen LogP contribution in [0.15, 0.2) is 11.0 Å². The quantitative estimate of drug-likeness (QED) is 0.814. The van der Waals surface area contributed by atoms with Gasteiger partial charge in [-0.2, -0.15) is 5.10 Å². The van der Waals surface area contributed by atoms with Crippen molar-refractivity contribution in [2.75, 3.05) is 18.6 Å². The van der Waals surface area contributed by atoms with E-state index < -0.39 is 15.4 Å². The average molecular weight is 326 g/mol. The van der Waals surface area contributed by atoms with E-state index in [2.05, 4.69) is 5.10 Å². The van der Waals surface area contributed by atoms with Gasteiger partial charge in [0.2, 0.25) is 0 Å². The highest BCUT2D eigenvalue weighted by atomic mass is 35.5. The van der Waals surface area contributed by atoms with Crippen molar-refractivity contribution in [1.29, 1.82) is 0 Å². The number of hydrogen-bond acceptors (Lipinski definition) is 5. The Morgan fingerprint density at radius 1 is 1.53 bits per heavy atom. The fourth-order valence-corrected chi connectivity index (χ4v) is 4.07. The van der Waals surface area contributed by atoms with Crippen molar-refractivity contribution < 1.29 is 8.42 Å². The van der Waals surface area contributed by atoms with Gasteiger partial charge in [-0.1, -0.05) is 23.2 Å². The van der Waals surface area contributed by atoms with Crippen LogP contribution < -0.4 is 5.56 Å². The standard InChI is InChI=1S/C10H13Cl2N3O3S/c1-14(7-2-3-19(17,18)5-7)6-15-10(16)9(12)8(11)4-13-15/h4,7H,2-3,5-6H2,1H3. The maximum absolute atomic E-state index is 11.8. The van der Waals surface area contributed by atoms with Gasteiger partial charge in [0.25, 0.3) is 5.56 Å². The Hall–Kier alpha value is -0.630. The van der Waals surface area contributed by atoms with Crippen LogP contribution in [0.1, 0.15) is 6.42 Å². The Morgan fingerprint density at radius 3 is 2.79 bits per heavy atom. The number of hydrogen-bond donors (Lipinski definition) is 0. The van der Waals surface area contributed by atoms with Gasteiger partial charge in [-0.25, -0.2) is 13.1 Å². The number of rotatable bonds is 3. The molecule has 0 bridgehead atoms. The van der Waals surface area contributed by atoms with E-state index >= 15 is 0 Å². The average Bonchev–Trinajstić information content (AvgIpc) is 2.70. The van der Waals surface area contributed by atoms with Gasteiger partial charge in [-0.3, -0.25) is 9.69 Å². The molecule has 0 saturated carbocycles. The Morgan fingerprint density at radius 2 is 2.21 bits per heavy atom. The largest absolute Gasteiger partial charge is 0.288 e. The molecule has 0 spiro atoms. The fraction of sp³-hybridized carbons (Fsp3) is 0.600. The van der Waals surface area contributed by atoms with E-state index in [-0.39, 0.29) is 34.3 Å². The van der Waals surface area contributed by atoms with Gasteiger partial charge in [0.1, 0.15) is 5.02 Å². The molecule has 0 aliphatic carbocycles. The SMILES string of the molecule is CN(Cn1ncc(Cl)c(Cl)c1=O)C1CCS(=O)(=O)C1. The molecule has 2 rings (SSSR count). The molecule has 1 atom stereocenters. The molecule has 0 radical (unpaired) electrons. The third kappa shape index (κ3) is 3.28. The van der Waals surface area contributed by atoms with Crippen molar-refractivity contribution in [1.82, 2.24) is 14.7 Å². The maximum atomic E-state index is 11.8. The molecular formula is C10H13Cl2N3O3S. The van der Waals surface area contributed by atoms with E-state index in [1.165, 1.54) is 10.9 Å². The zero-order chi connectivity index (χ0) is 14.2. The van der Waals surface area contributed by atoms with Crippen LogP contribution in [0.5, 0.6) is 0 Å². The summed E-state index contributed by atoms with van der Waals surface area (Å²) in [6.45, 7) is 0.176. The molecule has 9 heteroatoms. The molecule has 1 aromatic rings. The topological polar surface area (TPSA) is 72.3 Å². The van der Waals surface area contributed by atoms with Crippen molar-refractivity contribution in [2.24, 2.45) is 0 Å². The van der Waals surface area contributed by atoms with Gasteiger partial charge in [0.15, 0.2) is 9.84 Å². The zero-order valence-corrected chi connectivity index (χ0v) is 12.5. The molecule has 2 heterocycles. The van der Waals surface area contributed by atoms with Gasteiger partial charge < -0.3 is 0 Å². The van der Waals surface area contributed by atoms with Crippen LogP contribution in [-0.4, -0.2) is 47.7 Å². The predicted molar refractivity (Wildman–Crippen MR) is 73.3 cm³/mol. The third-order valence-electron chi connectivity index (χ3n) is 3.13. The van der Waals surface area contributed by atoms with Gasteiger partial charge in [-0.15, -0.1) is 0 Å². The molecule has 1 saturated heterocycles. The van der Waals surface area contributed by atoms with Crippen molar-refractivity contribution in [2.45, 2.75) is 19.1 Å². The number of nitrogens with zero attached hydrogens (tertiary/aromatic N) is 3. The minimum atomic E-state index is -2.95. The summed E-state index contributed by atoms with van der Waals surface area (Å²) in [4.78, 5) is 13.6. The van der Waals surface area contributed by atoms with E-state index in [1.54, 1.807) is 11.9 Å². The first-order valence-electron chi connectivity index (χ1n) is 5.62. The van der Waals surface area contributed by atoms with Crippen molar-refractivity contribution >= 4 is 33.0 Å². The van der Waals surface area contributed by atoms with Crippen molar-refractivity contribution in [3.8, 4) is 0 Å². The lowest BCUT2D eigenvalue weighted by Gasteiger charge is -2.23. The van der Waals surface area contributed by atoms with Gasteiger partial charge in [0, 0.05) is 6.04 Å². The van der Waals surface area contributed by atoms with Crippen LogP contribution in [0.3, 0.4) is 0 Å². The predicted octanol–water partition coefficient (Wildman–Crippen LogP) is 0.626. The van der Waals surface area contributed by atoms with Gasteiger partial charge in [-0.05, 0) is 13.5 Å². The summed E-state index contributed by atoms with van der Waals surface area (Å²) < 4.78 is 24.0. The summed E-state index contributed by atoms with van der Waals surface area (Å²) in [6, 6.07) is -0.104. The summed E-state index contributed by atoms with van der Waals surface area (Å²) in [7, 11) is -1.20. The molecule has 1 aromatic heterocycles. The third-order valence-corrected chi connectivity index (χ3v) is 5.63. The van der Waals surface area contributed by atoms with Gasteiger partial charge in [0.05, 0.1) is 29.4 Å². The Labute approximate surface area is 120 Å². The molecule has 1 aliphatic rings. The second-order valence-corrected chi connectivity index (χ2v) is 7.58. The molecule has 1 fully saturated rings. The van der Waals surface area contributed by atoms with E-state index in [0.29, 0.717) is 6.42 Å². The minimum Gasteiger partial charge on any atom is -0.283 e. The number of halogens is 2. The summed E-state index contributed by atoms with van der Waals surface area (Å²) in [5.74, 6) is 0.297. The summed E-state index contributed by atoms with van der Waals surface area (Å²) in [6.07, 6.45) is 1.86. The summed E-state index contributed by atoms with van der Waals surface area (Å²) in [5, 5.41) is 3.91. The summed E-state index contributed by atoms with van der Waals surface area (Å²) >= 11 is 11.4. The van der Waals surface area contributed by atoms with Crippen LogP contribution in [-0.2, 0) is 16.5 Å². The second-order valence-electron chi connectivity index (χ2n) is 4.57. The van der Waals surface area contributed by atoms with Crippen LogP contribution >= 0.6 is 23.2 Å². The minimum absolute atomic E-state index is 0.0795. The monoisotopic (exact) mass is 325 g/mol. The number of aromatic nitrogens is 2. The van der Waals surface area contributed by atoms with Crippen molar-refractivity contribution in [3.05, 3.63) is 26.6 Å². The van der Waals surface area contributed by atoms with E-state index in [1.807, 2.05) is 0 Å². The van der Waals surface area contributed by atoms with Crippen molar-refractivity contribution in [3.63, 3.8) is 0 Å². The highest BCUT2D eigenvalue weighted by molar-refractivity contribution is 7.91. The highest BCUT2D eigenvalue weighted by Gasteiger charge is 2.30. The lowest BCUT2D eigenvalue weighted by Crippen LogP contribution is -2.38. The van der Waals surface area contributed by atoms with Crippen LogP contribution in [0.25, 0.3) is 0 Å². The van der Waals surface area contributed by atoms with E-state index in [4.69, 9.17) is 23.2 Å². The highest BCUT2D eigenvalue weighted by Crippen LogP contribution is 2.17. The van der Waals surface area contributed by atoms with Crippen LogP contribution in [0.2, 0.25) is 10.0 Å². The summed E-state index contributed by atoms with van der Waals surface area (Å²) in [5.41, 5.74) is -0.484. The van der Waals surface area contributed by atoms with Crippen LogP contribution in [0, 0.1) is 0 Å². The normalized spacial score (nSPS) is 22.0. The molecule has 106 valence electrons. The van der Waals surface area contributed by atoms with E-state index in [0.717, 1.165) is 0 Å². The Kier molecular flexibility index (Phi) is 4.20. The molecule has 0 amide bonds. The number of sulfone groups is 1.